The number of primary amides is 1. The molecule has 2 heterocycles. The molecule has 0 aliphatic heterocycles. The minimum Gasteiger partial charge on any atom is -0.366 e. The fourth-order valence-electron chi connectivity index (χ4n) is 2.60. The number of pyridine rings is 1. The summed E-state index contributed by atoms with van der Waals surface area (Å²) in [5.74, 6) is 0.0487. The van der Waals surface area contributed by atoms with Crippen molar-refractivity contribution in [2.75, 3.05) is 23.9 Å². The lowest BCUT2D eigenvalue weighted by Gasteiger charge is -2.15. The first-order valence-corrected chi connectivity index (χ1v) is 9.77. The van der Waals surface area contributed by atoms with Crippen LogP contribution in [-0.2, 0) is 0 Å². The van der Waals surface area contributed by atoms with Crippen molar-refractivity contribution >= 4 is 46.6 Å². The highest BCUT2D eigenvalue weighted by atomic mass is 32.2. The lowest BCUT2D eigenvalue weighted by atomic mass is 10.1. The smallest absolute Gasteiger partial charge is 0.273 e. The lowest BCUT2D eigenvalue weighted by molar-refractivity contribution is 0.0956. The van der Waals surface area contributed by atoms with E-state index < -0.39 is 11.8 Å². The second kappa shape index (κ2) is 9.02. The monoisotopic (exact) mass is 409 g/mol. The van der Waals surface area contributed by atoms with Crippen LogP contribution >= 0.6 is 11.8 Å². The fraction of sp³-hybridized carbons (Fsp3) is 0.105. The van der Waals surface area contributed by atoms with Crippen molar-refractivity contribution in [1.82, 2.24) is 20.5 Å². The number of aromatic nitrogens is 3. The van der Waals surface area contributed by atoms with Crippen LogP contribution in [0.5, 0.6) is 0 Å². The van der Waals surface area contributed by atoms with E-state index in [0.29, 0.717) is 33.5 Å². The molecule has 0 saturated heterocycles. The Hall–Kier alpha value is -3.66. The summed E-state index contributed by atoms with van der Waals surface area (Å²) >= 11 is 1.37. The Labute approximate surface area is 171 Å². The number of benzene rings is 1. The largest absolute Gasteiger partial charge is 0.366 e. The van der Waals surface area contributed by atoms with Gasteiger partial charge in [0.25, 0.3) is 5.91 Å². The molecule has 0 aliphatic rings. The first-order chi connectivity index (χ1) is 14.0. The zero-order valence-electron chi connectivity index (χ0n) is 15.8. The first kappa shape index (κ1) is 20.1. The highest BCUT2D eigenvalue weighted by molar-refractivity contribution is 7.98. The van der Waals surface area contributed by atoms with Gasteiger partial charge >= 0.3 is 0 Å². The van der Waals surface area contributed by atoms with E-state index in [9.17, 15) is 9.59 Å². The van der Waals surface area contributed by atoms with Gasteiger partial charge in [0.2, 0.25) is 5.91 Å². The first-order valence-electron chi connectivity index (χ1n) is 8.55. The van der Waals surface area contributed by atoms with Gasteiger partial charge in [-0.05, 0) is 30.5 Å². The molecule has 1 aromatic carbocycles. The van der Waals surface area contributed by atoms with Crippen LogP contribution in [0.25, 0.3) is 0 Å². The van der Waals surface area contributed by atoms with E-state index in [1.54, 1.807) is 42.6 Å². The average Bonchev–Trinajstić information content (AvgIpc) is 2.74. The van der Waals surface area contributed by atoms with Gasteiger partial charge in [-0.3, -0.25) is 9.59 Å². The molecule has 5 N–H and O–H groups in total. The normalized spacial score (nSPS) is 10.3. The number of carbonyl (C=O) groups excluding carboxylic acids is 2. The van der Waals surface area contributed by atoms with Gasteiger partial charge in [0, 0.05) is 24.2 Å². The number of nitrogens with one attached hydrogen (secondary N) is 3. The maximum atomic E-state index is 12.3. The van der Waals surface area contributed by atoms with Crippen molar-refractivity contribution in [3.63, 3.8) is 0 Å². The van der Waals surface area contributed by atoms with Crippen LogP contribution in [0.2, 0.25) is 0 Å². The van der Waals surface area contributed by atoms with E-state index in [1.165, 1.54) is 18.8 Å². The van der Waals surface area contributed by atoms with Crippen molar-refractivity contribution in [3.05, 3.63) is 59.9 Å². The number of rotatable bonds is 7. The molecule has 9 nitrogen and oxygen atoms in total. The predicted molar refractivity (Wildman–Crippen MR) is 113 cm³/mol. The Bertz CT molecular complexity index is 1040. The Morgan fingerprint density at radius 3 is 2.48 bits per heavy atom. The summed E-state index contributed by atoms with van der Waals surface area (Å²) in [7, 11) is 1.51. The highest BCUT2D eigenvalue weighted by Gasteiger charge is 2.18. The van der Waals surface area contributed by atoms with Crippen molar-refractivity contribution in [2.45, 2.75) is 4.90 Å². The topological polar surface area (TPSA) is 135 Å². The molecule has 2 aromatic heterocycles. The van der Waals surface area contributed by atoms with Gasteiger partial charge in [-0.25, -0.2) is 4.98 Å². The van der Waals surface area contributed by atoms with Crippen molar-refractivity contribution < 1.29 is 9.59 Å². The van der Waals surface area contributed by atoms with Crippen LogP contribution in [0.1, 0.15) is 20.8 Å². The summed E-state index contributed by atoms with van der Waals surface area (Å²) in [5, 5.41) is 16.8. The van der Waals surface area contributed by atoms with Crippen LogP contribution in [-0.4, -0.2) is 40.3 Å². The molecule has 0 atom stereocenters. The van der Waals surface area contributed by atoms with E-state index in [2.05, 4.69) is 31.1 Å². The van der Waals surface area contributed by atoms with Crippen LogP contribution in [0, 0.1) is 0 Å². The van der Waals surface area contributed by atoms with Gasteiger partial charge < -0.3 is 21.7 Å². The molecule has 29 heavy (non-hydrogen) atoms. The molecule has 0 unspecified atom stereocenters. The molecular weight excluding hydrogens is 390 g/mol. The molecule has 0 fully saturated rings. The third-order valence-corrected chi connectivity index (χ3v) is 4.76. The van der Waals surface area contributed by atoms with Crippen molar-refractivity contribution in [2.24, 2.45) is 5.73 Å². The number of thioether (sulfide) groups is 1. The van der Waals surface area contributed by atoms with Crippen molar-refractivity contribution in [3.8, 4) is 0 Å². The van der Waals surface area contributed by atoms with Crippen LogP contribution in [0.3, 0.4) is 0 Å². The van der Waals surface area contributed by atoms with Gasteiger partial charge in [0.05, 0.1) is 16.9 Å². The van der Waals surface area contributed by atoms with Crippen LogP contribution in [0.15, 0.2) is 53.6 Å². The minimum absolute atomic E-state index is 0.107. The molecule has 3 aromatic rings. The van der Waals surface area contributed by atoms with E-state index >= 15 is 0 Å². The fourth-order valence-corrected chi connectivity index (χ4v) is 3.32. The summed E-state index contributed by atoms with van der Waals surface area (Å²) in [6.07, 6.45) is 3.49. The molecular formula is C19H19N7O2S. The van der Waals surface area contributed by atoms with Gasteiger partial charge in [0.15, 0.2) is 11.5 Å². The molecule has 0 bridgehead atoms. The summed E-state index contributed by atoms with van der Waals surface area (Å²) in [6.45, 7) is 0. The number of nitrogens with two attached hydrogens (primary N) is 1. The SMILES string of the molecule is CNC(=O)c1nnc(Nc2ccccn2)cc1Nc1cccc(C(N)=O)c1SC. The minimum atomic E-state index is -0.533. The lowest BCUT2D eigenvalue weighted by Crippen LogP contribution is -2.21. The standard InChI is InChI=1S/C19H19N7O2S/c1-21-19(28)16-13(10-15(25-26-16)24-14-8-3-4-9-22-14)23-12-7-5-6-11(18(20)27)17(12)29-2/h3-10H,1-2H3,(H2,20,27)(H,21,28)(H2,22,23,24,25). The Balaban J connectivity index is 2.02. The zero-order chi connectivity index (χ0) is 20.8. The second-order valence-electron chi connectivity index (χ2n) is 5.79. The second-order valence-corrected chi connectivity index (χ2v) is 6.60. The summed E-state index contributed by atoms with van der Waals surface area (Å²) in [6, 6.07) is 12.2. The molecule has 3 rings (SSSR count). The number of hydrogen-bond donors (Lipinski definition) is 4. The molecule has 0 aliphatic carbocycles. The molecule has 10 heteroatoms. The molecule has 2 amide bonds. The molecule has 0 saturated carbocycles. The Morgan fingerprint density at radius 2 is 1.83 bits per heavy atom. The number of amides is 2. The van der Waals surface area contributed by atoms with E-state index in [-0.39, 0.29) is 5.69 Å². The quantitative estimate of drug-likeness (QED) is 0.437. The maximum absolute atomic E-state index is 12.3. The molecule has 0 radical (unpaired) electrons. The van der Waals surface area contributed by atoms with Gasteiger partial charge in [0.1, 0.15) is 5.82 Å². The Kier molecular flexibility index (Phi) is 6.25. The van der Waals surface area contributed by atoms with Crippen LogP contribution in [0.4, 0.5) is 23.0 Å². The van der Waals surface area contributed by atoms with Gasteiger partial charge in [-0.15, -0.1) is 22.0 Å². The number of carbonyl (C=O) groups is 2. The molecule has 0 spiro atoms. The predicted octanol–water partition coefficient (Wildman–Crippen LogP) is 2.54. The third-order valence-electron chi connectivity index (χ3n) is 3.91. The van der Waals surface area contributed by atoms with Gasteiger partial charge in [-0.1, -0.05) is 12.1 Å². The van der Waals surface area contributed by atoms with Crippen molar-refractivity contribution in [1.29, 1.82) is 0 Å². The zero-order valence-corrected chi connectivity index (χ0v) is 16.6. The third kappa shape index (κ3) is 4.61. The van der Waals surface area contributed by atoms with E-state index in [4.69, 9.17) is 5.73 Å². The van der Waals surface area contributed by atoms with Gasteiger partial charge in [-0.2, -0.15) is 0 Å². The Morgan fingerprint density at radius 1 is 1.00 bits per heavy atom. The highest BCUT2D eigenvalue weighted by Crippen LogP contribution is 2.32. The number of hydrogen-bond acceptors (Lipinski definition) is 8. The summed E-state index contributed by atoms with van der Waals surface area (Å²) in [4.78, 5) is 28.9. The average molecular weight is 409 g/mol. The number of nitrogens with zero attached hydrogens (tertiary/aromatic N) is 3. The van der Waals surface area contributed by atoms with Crippen LogP contribution < -0.4 is 21.7 Å². The molecule has 148 valence electrons. The number of anilines is 4. The van der Waals surface area contributed by atoms with E-state index in [1.807, 2.05) is 12.3 Å². The summed E-state index contributed by atoms with van der Waals surface area (Å²) in [5.41, 5.74) is 7.01. The van der Waals surface area contributed by atoms with E-state index in [0.717, 1.165) is 0 Å². The maximum Gasteiger partial charge on any atom is 0.273 e. The summed E-state index contributed by atoms with van der Waals surface area (Å²) < 4.78 is 0.